The van der Waals surface area contributed by atoms with Gasteiger partial charge in [0.2, 0.25) is 0 Å². The third-order valence-corrected chi connectivity index (χ3v) is 3.51. The minimum absolute atomic E-state index is 0.433. The van der Waals surface area contributed by atoms with Crippen LogP contribution in [0.15, 0.2) is 30.3 Å². The van der Waals surface area contributed by atoms with Crippen molar-refractivity contribution in [3.63, 3.8) is 0 Å². The summed E-state index contributed by atoms with van der Waals surface area (Å²) in [6, 6.07) is 11.1. The van der Waals surface area contributed by atoms with Crippen molar-refractivity contribution in [3.8, 4) is 0 Å². The van der Waals surface area contributed by atoms with Gasteiger partial charge in [-0.1, -0.05) is 44.2 Å². The van der Waals surface area contributed by atoms with Crippen molar-refractivity contribution in [3.05, 3.63) is 35.9 Å². The molecule has 3 nitrogen and oxygen atoms in total. The van der Waals surface area contributed by atoms with E-state index >= 15 is 0 Å². The molecule has 1 unspecified atom stereocenters. The van der Waals surface area contributed by atoms with E-state index < -0.39 is 0 Å². The van der Waals surface area contributed by atoms with Gasteiger partial charge < -0.3 is 10.1 Å². The van der Waals surface area contributed by atoms with E-state index in [2.05, 4.69) is 61.4 Å². The molecule has 1 atom stereocenters. The summed E-state index contributed by atoms with van der Waals surface area (Å²) in [5.41, 5.74) is 1.39. The number of hydrogen-bond donors (Lipinski definition) is 1. The molecule has 1 rings (SSSR count). The molecule has 0 amide bonds. The van der Waals surface area contributed by atoms with Gasteiger partial charge in [0.25, 0.3) is 0 Å². The van der Waals surface area contributed by atoms with Crippen LogP contribution < -0.4 is 5.32 Å². The van der Waals surface area contributed by atoms with Gasteiger partial charge in [0, 0.05) is 26.2 Å². The summed E-state index contributed by atoms with van der Waals surface area (Å²) in [4.78, 5) is 2.39. The second kappa shape index (κ2) is 9.92. The average Bonchev–Trinajstić information content (AvgIpc) is 2.44. The van der Waals surface area contributed by atoms with E-state index in [9.17, 15) is 0 Å². The molecule has 20 heavy (non-hydrogen) atoms. The molecule has 1 aromatic rings. The highest BCUT2D eigenvalue weighted by Gasteiger charge is 2.14. The molecule has 3 heteroatoms. The molecule has 0 aromatic heterocycles. The predicted molar refractivity (Wildman–Crippen MR) is 86.1 cm³/mol. The quantitative estimate of drug-likeness (QED) is 0.711. The molecule has 0 saturated carbocycles. The van der Waals surface area contributed by atoms with Gasteiger partial charge in [0.15, 0.2) is 0 Å². The van der Waals surface area contributed by atoms with Gasteiger partial charge in [-0.25, -0.2) is 0 Å². The highest BCUT2D eigenvalue weighted by molar-refractivity contribution is 5.14. The predicted octanol–water partition coefficient (Wildman–Crippen LogP) is 2.42. The Morgan fingerprint density at radius 2 is 1.85 bits per heavy atom. The average molecular weight is 278 g/mol. The van der Waals surface area contributed by atoms with Crippen LogP contribution in [0.1, 0.15) is 19.4 Å². The zero-order chi connectivity index (χ0) is 14.8. The van der Waals surface area contributed by atoms with Gasteiger partial charge in [-0.05, 0) is 31.5 Å². The molecule has 1 aromatic carbocycles. The van der Waals surface area contributed by atoms with E-state index in [-0.39, 0.29) is 0 Å². The molecular formula is C17H30N2O. The number of hydrogen-bond acceptors (Lipinski definition) is 3. The maximum Gasteiger partial charge on any atom is 0.0630 e. The number of nitrogens with zero attached hydrogens (tertiary/aromatic N) is 1. The van der Waals surface area contributed by atoms with Crippen molar-refractivity contribution in [2.24, 2.45) is 5.92 Å². The minimum atomic E-state index is 0.433. The maximum absolute atomic E-state index is 5.35. The van der Waals surface area contributed by atoms with Gasteiger partial charge in [0.05, 0.1) is 6.61 Å². The summed E-state index contributed by atoms with van der Waals surface area (Å²) in [7, 11) is 3.96. The van der Waals surface area contributed by atoms with Crippen LogP contribution >= 0.6 is 0 Å². The normalized spacial score (nSPS) is 13.1. The number of benzene rings is 1. The summed E-state index contributed by atoms with van der Waals surface area (Å²) >= 11 is 0. The fraction of sp³-hybridized carbons (Fsp3) is 0.647. The molecule has 114 valence electrons. The third kappa shape index (κ3) is 7.04. The fourth-order valence-corrected chi connectivity index (χ4v) is 2.21. The Balaban J connectivity index is 2.36. The number of likely N-dealkylation sites (N-methyl/N-ethyl adjacent to an activating group) is 1. The summed E-state index contributed by atoms with van der Waals surface area (Å²) in [6.07, 6.45) is 1.09. The largest absolute Gasteiger partial charge is 0.383 e. The molecule has 0 heterocycles. The third-order valence-electron chi connectivity index (χ3n) is 3.51. The Bertz CT molecular complexity index is 340. The second-order valence-electron chi connectivity index (χ2n) is 5.88. The number of rotatable bonds is 10. The lowest BCUT2D eigenvalue weighted by Crippen LogP contribution is -2.44. The van der Waals surface area contributed by atoms with Crippen LogP contribution in [-0.4, -0.2) is 51.3 Å². The van der Waals surface area contributed by atoms with Crippen molar-refractivity contribution < 1.29 is 4.74 Å². The molecule has 0 saturated heterocycles. The lowest BCUT2D eigenvalue weighted by atomic mass is 10.1. The van der Waals surface area contributed by atoms with Crippen molar-refractivity contribution in [1.82, 2.24) is 10.2 Å². The first-order valence-corrected chi connectivity index (χ1v) is 7.57. The van der Waals surface area contributed by atoms with Crippen LogP contribution in [0.3, 0.4) is 0 Å². The summed E-state index contributed by atoms with van der Waals surface area (Å²) in [6.45, 7) is 8.34. The first-order valence-electron chi connectivity index (χ1n) is 7.57. The second-order valence-corrected chi connectivity index (χ2v) is 5.88. The fourth-order valence-electron chi connectivity index (χ4n) is 2.21. The molecular weight excluding hydrogens is 248 g/mol. The van der Waals surface area contributed by atoms with Gasteiger partial charge in [-0.3, -0.25) is 4.90 Å². The molecule has 0 radical (unpaired) electrons. The SMILES string of the molecule is COCC(CNCC(C)C)N(C)CCc1ccccc1. The van der Waals surface area contributed by atoms with E-state index in [0.717, 1.165) is 32.7 Å². The first kappa shape index (κ1) is 17.2. The van der Waals surface area contributed by atoms with Crippen molar-refractivity contribution in [1.29, 1.82) is 0 Å². The Morgan fingerprint density at radius 1 is 1.15 bits per heavy atom. The van der Waals surface area contributed by atoms with Crippen LogP contribution in [0.25, 0.3) is 0 Å². The van der Waals surface area contributed by atoms with Crippen LogP contribution in [0, 0.1) is 5.92 Å². The molecule has 0 aliphatic heterocycles. The van der Waals surface area contributed by atoms with E-state index in [1.54, 1.807) is 7.11 Å². The topological polar surface area (TPSA) is 24.5 Å². The standard InChI is InChI=1S/C17H30N2O/c1-15(2)12-18-13-17(14-20-4)19(3)11-10-16-8-6-5-7-9-16/h5-9,15,17-18H,10-14H2,1-4H3. The maximum atomic E-state index is 5.35. The number of ether oxygens (including phenoxy) is 1. The van der Waals surface area contributed by atoms with E-state index in [1.165, 1.54) is 5.56 Å². The van der Waals surface area contributed by atoms with Crippen LogP contribution in [0.4, 0.5) is 0 Å². The Morgan fingerprint density at radius 3 is 2.45 bits per heavy atom. The Kier molecular flexibility index (Phi) is 8.51. The number of nitrogens with one attached hydrogen (secondary N) is 1. The Hall–Kier alpha value is -0.900. The summed E-state index contributed by atoms with van der Waals surface area (Å²) in [5.74, 6) is 0.688. The van der Waals surface area contributed by atoms with Crippen LogP contribution in [-0.2, 0) is 11.2 Å². The highest BCUT2D eigenvalue weighted by Crippen LogP contribution is 2.03. The molecule has 0 aliphatic carbocycles. The zero-order valence-corrected chi connectivity index (χ0v) is 13.4. The molecule has 0 aliphatic rings. The summed E-state index contributed by atoms with van der Waals surface area (Å²) < 4.78 is 5.35. The van der Waals surface area contributed by atoms with Gasteiger partial charge >= 0.3 is 0 Å². The van der Waals surface area contributed by atoms with Gasteiger partial charge in [-0.2, -0.15) is 0 Å². The van der Waals surface area contributed by atoms with E-state index in [4.69, 9.17) is 4.74 Å². The van der Waals surface area contributed by atoms with Crippen LogP contribution in [0.2, 0.25) is 0 Å². The minimum Gasteiger partial charge on any atom is -0.383 e. The van der Waals surface area contributed by atoms with E-state index in [1.807, 2.05) is 0 Å². The molecule has 0 bridgehead atoms. The van der Waals surface area contributed by atoms with Crippen molar-refractivity contribution in [2.45, 2.75) is 26.3 Å². The lowest BCUT2D eigenvalue weighted by Gasteiger charge is -2.28. The Labute approximate surface area is 124 Å². The summed E-state index contributed by atoms with van der Waals surface area (Å²) in [5, 5.41) is 3.53. The van der Waals surface area contributed by atoms with E-state index in [0.29, 0.717) is 12.0 Å². The highest BCUT2D eigenvalue weighted by atomic mass is 16.5. The van der Waals surface area contributed by atoms with Gasteiger partial charge in [-0.15, -0.1) is 0 Å². The molecule has 1 N–H and O–H groups in total. The van der Waals surface area contributed by atoms with Gasteiger partial charge in [0.1, 0.15) is 0 Å². The first-order chi connectivity index (χ1) is 9.63. The van der Waals surface area contributed by atoms with Crippen molar-refractivity contribution >= 4 is 0 Å². The monoisotopic (exact) mass is 278 g/mol. The molecule has 0 fully saturated rings. The van der Waals surface area contributed by atoms with Crippen molar-refractivity contribution in [2.75, 3.05) is 40.4 Å². The lowest BCUT2D eigenvalue weighted by molar-refractivity contribution is 0.105. The zero-order valence-electron chi connectivity index (χ0n) is 13.4. The van der Waals surface area contributed by atoms with Crippen LogP contribution in [0.5, 0.6) is 0 Å². The smallest absolute Gasteiger partial charge is 0.0630 e. The number of methoxy groups -OCH3 is 1. The molecule has 0 spiro atoms.